The smallest absolute Gasteiger partial charge is 0.407 e. The third kappa shape index (κ3) is 22.3. The first kappa shape index (κ1) is 49.6. The summed E-state index contributed by atoms with van der Waals surface area (Å²) in [4.78, 5) is 98.3. The Morgan fingerprint density at radius 2 is 1.02 bits per heavy atom. The van der Waals surface area contributed by atoms with Crippen LogP contribution in [0.25, 0.3) is 0 Å². The van der Waals surface area contributed by atoms with Crippen molar-refractivity contribution in [1.82, 2.24) is 26.6 Å². The van der Waals surface area contributed by atoms with Crippen molar-refractivity contribution in [3.63, 3.8) is 0 Å². The van der Waals surface area contributed by atoms with E-state index in [2.05, 4.69) is 26.6 Å². The Labute approximate surface area is 305 Å². The molecule has 0 rings (SSSR count). The summed E-state index contributed by atoms with van der Waals surface area (Å²) in [6.07, 6.45) is 0.754. The Morgan fingerprint density at radius 3 is 1.40 bits per heavy atom. The van der Waals surface area contributed by atoms with Crippen molar-refractivity contribution >= 4 is 47.6 Å². The summed E-state index contributed by atoms with van der Waals surface area (Å²) >= 11 is 0. The first-order valence-electron chi connectivity index (χ1n) is 17.4. The lowest BCUT2D eigenvalue weighted by Crippen LogP contribution is -2.60. The lowest BCUT2D eigenvalue weighted by molar-refractivity contribution is -0.147. The van der Waals surface area contributed by atoms with Gasteiger partial charge in [-0.15, -0.1) is 0 Å². The van der Waals surface area contributed by atoms with Crippen LogP contribution in [0, 0.1) is 11.8 Å². The van der Waals surface area contributed by atoms with Gasteiger partial charge < -0.3 is 57.7 Å². The Morgan fingerprint density at radius 1 is 0.615 bits per heavy atom. The number of carboxylic acids is 2. The molecular weight excluding hydrogens is 686 g/mol. The standard InChI is InChI=1S/C31H57N7O10.C2H4O2/c1-7-48-31(46)36-21(13-9-11-17-33)27(42)34-20(12-8-10-16-32)26(41)35-22(14-15-23(39)40)28(43)37-24(18(2)3)29(44)38-25(19(4)5)30(45)47-6;1-2(3)4/h18-22,24-25H,7-17,32-33H2,1-6H3,(H,34,42)(H,35,41)(H,36,46)(H,37,43)(H,38,44)(H,39,40);1H3,(H,3,4)/t20-,21-,22-,24-,25-;/m0./s1. The largest absolute Gasteiger partial charge is 0.481 e. The molecule has 0 radical (unpaired) electrons. The van der Waals surface area contributed by atoms with E-state index in [0.717, 1.165) is 6.92 Å². The van der Waals surface area contributed by atoms with Gasteiger partial charge in [-0.3, -0.25) is 28.8 Å². The van der Waals surface area contributed by atoms with Gasteiger partial charge in [-0.25, -0.2) is 9.59 Å². The fourth-order valence-corrected chi connectivity index (χ4v) is 4.58. The van der Waals surface area contributed by atoms with Crippen LogP contribution in [0.1, 0.15) is 92.9 Å². The molecule has 0 saturated heterocycles. The highest BCUT2D eigenvalue weighted by Crippen LogP contribution is 2.11. The molecule has 0 aromatic carbocycles. The Bertz CT molecular complexity index is 1150. The van der Waals surface area contributed by atoms with Crippen molar-refractivity contribution in [3.05, 3.63) is 0 Å². The highest BCUT2D eigenvalue weighted by Gasteiger charge is 2.34. The fourth-order valence-electron chi connectivity index (χ4n) is 4.58. The van der Waals surface area contributed by atoms with Crippen LogP contribution in [0.15, 0.2) is 0 Å². The number of carbonyl (C=O) groups excluding carboxylic acids is 6. The molecule has 300 valence electrons. The van der Waals surface area contributed by atoms with E-state index in [1.165, 1.54) is 7.11 Å². The zero-order valence-corrected chi connectivity index (χ0v) is 31.5. The number of methoxy groups -OCH3 is 1. The van der Waals surface area contributed by atoms with Gasteiger partial charge in [0.15, 0.2) is 0 Å². The van der Waals surface area contributed by atoms with Crippen molar-refractivity contribution in [1.29, 1.82) is 0 Å². The summed E-state index contributed by atoms with van der Waals surface area (Å²) in [5.74, 6) is -6.48. The lowest BCUT2D eigenvalue weighted by Gasteiger charge is -2.29. The molecule has 0 aromatic rings. The zero-order chi connectivity index (χ0) is 40.4. The van der Waals surface area contributed by atoms with Crippen LogP contribution in [-0.2, 0) is 43.0 Å². The predicted molar refractivity (Wildman–Crippen MR) is 189 cm³/mol. The first-order valence-corrected chi connectivity index (χ1v) is 17.4. The highest BCUT2D eigenvalue weighted by molar-refractivity contribution is 5.96. The van der Waals surface area contributed by atoms with Crippen LogP contribution in [0.4, 0.5) is 4.79 Å². The number of esters is 1. The van der Waals surface area contributed by atoms with Gasteiger partial charge in [0, 0.05) is 13.3 Å². The summed E-state index contributed by atoms with van der Waals surface area (Å²) in [5, 5.41) is 29.6. The summed E-state index contributed by atoms with van der Waals surface area (Å²) in [6.45, 7) is 10.2. The van der Waals surface area contributed by atoms with Gasteiger partial charge in [0.05, 0.1) is 13.7 Å². The SMILES string of the molecule is CC(=O)O.CCOC(=O)N[C@@H](CCCCN)C(=O)N[C@@H](CCCCN)C(=O)N[C@@H](CCC(=O)O)C(=O)N[C@H](C(=O)N[C@H](C(=O)OC)C(C)C)C(C)C. The van der Waals surface area contributed by atoms with Gasteiger partial charge in [0.25, 0.3) is 5.97 Å². The number of aliphatic carboxylic acids is 2. The Kier molecular flexibility index (Phi) is 26.8. The van der Waals surface area contributed by atoms with Crippen LogP contribution in [0.2, 0.25) is 0 Å². The minimum absolute atomic E-state index is 0.0792. The number of ether oxygens (including phenoxy) is 2. The van der Waals surface area contributed by atoms with Crippen LogP contribution >= 0.6 is 0 Å². The molecule has 0 saturated carbocycles. The normalized spacial score (nSPS) is 13.5. The summed E-state index contributed by atoms with van der Waals surface area (Å²) in [6, 6.07) is -5.77. The maximum Gasteiger partial charge on any atom is 0.407 e. The summed E-state index contributed by atoms with van der Waals surface area (Å²) in [7, 11) is 1.19. The Hall–Kier alpha value is -4.52. The second-order valence-electron chi connectivity index (χ2n) is 12.5. The van der Waals surface area contributed by atoms with Crippen molar-refractivity contribution in [2.45, 2.75) is 123 Å². The topological polar surface area (TPSA) is 308 Å². The number of unbranched alkanes of at least 4 members (excludes halogenated alkanes) is 2. The van der Waals surface area contributed by atoms with Crippen LogP contribution in [-0.4, -0.2) is 115 Å². The Balaban J connectivity index is 0. The van der Waals surface area contributed by atoms with Gasteiger partial charge in [0.2, 0.25) is 23.6 Å². The van der Waals surface area contributed by atoms with Gasteiger partial charge >= 0.3 is 18.0 Å². The molecule has 0 unspecified atom stereocenters. The van der Waals surface area contributed by atoms with Crippen LogP contribution < -0.4 is 38.1 Å². The molecule has 5 amide bonds. The number of carboxylic acid groups (broad SMARTS) is 2. The molecule has 5 atom stereocenters. The van der Waals surface area contributed by atoms with E-state index in [4.69, 9.17) is 30.8 Å². The zero-order valence-electron chi connectivity index (χ0n) is 31.5. The van der Waals surface area contributed by atoms with Crippen molar-refractivity contribution in [3.8, 4) is 0 Å². The maximum absolute atomic E-state index is 13.6. The summed E-state index contributed by atoms with van der Waals surface area (Å²) < 4.78 is 9.68. The number of hydrogen-bond acceptors (Lipinski definition) is 12. The van der Waals surface area contributed by atoms with Gasteiger partial charge in [-0.05, 0) is 76.8 Å². The molecule has 19 nitrogen and oxygen atoms in total. The molecule has 0 aliphatic rings. The minimum atomic E-state index is -1.41. The number of nitrogens with one attached hydrogen (secondary N) is 5. The van der Waals surface area contributed by atoms with Crippen molar-refractivity contribution in [2.24, 2.45) is 23.3 Å². The number of hydrogen-bond donors (Lipinski definition) is 9. The second-order valence-corrected chi connectivity index (χ2v) is 12.5. The van der Waals surface area contributed by atoms with Crippen LogP contribution in [0.3, 0.4) is 0 Å². The van der Waals surface area contributed by atoms with Crippen molar-refractivity contribution in [2.75, 3.05) is 26.8 Å². The third-order valence-electron chi connectivity index (χ3n) is 7.36. The number of nitrogens with two attached hydrogens (primary N) is 2. The van der Waals surface area contributed by atoms with E-state index in [0.29, 0.717) is 38.8 Å². The molecule has 0 bridgehead atoms. The number of carbonyl (C=O) groups is 8. The molecular formula is C33H61N7O12. The first-order chi connectivity index (χ1) is 24.4. The average molecular weight is 748 g/mol. The van der Waals surface area contributed by atoms with Crippen LogP contribution in [0.5, 0.6) is 0 Å². The molecule has 0 heterocycles. The van der Waals surface area contributed by atoms with E-state index in [1.54, 1.807) is 34.6 Å². The summed E-state index contributed by atoms with van der Waals surface area (Å²) in [5.41, 5.74) is 11.2. The number of amides is 5. The predicted octanol–water partition coefficient (Wildman–Crippen LogP) is -0.261. The molecule has 0 spiro atoms. The molecule has 52 heavy (non-hydrogen) atoms. The monoisotopic (exact) mass is 747 g/mol. The molecule has 0 aromatic heterocycles. The van der Waals surface area contributed by atoms with Gasteiger partial charge in [-0.1, -0.05) is 27.7 Å². The number of alkyl carbamates (subject to hydrolysis) is 1. The second kappa shape index (κ2) is 28.1. The third-order valence-corrected chi connectivity index (χ3v) is 7.36. The molecule has 0 fully saturated rings. The minimum Gasteiger partial charge on any atom is -0.481 e. The van der Waals surface area contributed by atoms with Crippen molar-refractivity contribution < 1.29 is 58.0 Å². The van der Waals surface area contributed by atoms with E-state index >= 15 is 0 Å². The number of rotatable bonds is 24. The molecule has 19 heteroatoms. The van der Waals surface area contributed by atoms with E-state index in [1.807, 2.05) is 0 Å². The molecule has 0 aliphatic heterocycles. The molecule has 0 aliphatic carbocycles. The quantitative estimate of drug-likeness (QED) is 0.0454. The van der Waals surface area contributed by atoms with E-state index in [-0.39, 0.29) is 31.8 Å². The fraction of sp³-hybridized carbons (Fsp3) is 0.758. The van der Waals surface area contributed by atoms with Gasteiger partial charge in [0.1, 0.15) is 30.2 Å². The maximum atomic E-state index is 13.6. The highest BCUT2D eigenvalue weighted by atomic mass is 16.5. The molecule has 11 N–H and O–H groups in total. The van der Waals surface area contributed by atoms with E-state index < -0.39 is 90.2 Å². The van der Waals surface area contributed by atoms with Gasteiger partial charge in [-0.2, -0.15) is 0 Å². The lowest BCUT2D eigenvalue weighted by atomic mass is 9.99. The van der Waals surface area contributed by atoms with E-state index in [9.17, 15) is 38.7 Å². The average Bonchev–Trinajstić information content (AvgIpc) is 3.05.